The monoisotopic (exact) mass is 1070 g/mol. The Morgan fingerprint density at radius 3 is 0.818 bits per heavy atom. The van der Waals surface area contributed by atoms with E-state index in [1.54, 1.807) is 0 Å². The van der Waals surface area contributed by atoms with Crippen molar-refractivity contribution >= 4 is 17.9 Å². The molecule has 0 spiro atoms. The molecule has 0 aromatic rings. The van der Waals surface area contributed by atoms with E-state index >= 15 is 0 Å². The van der Waals surface area contributed by atoms with Crippen molar-refractivity contribution in [3.05, 3.63) is 72.9 Å². The summed E-state index contributed by atoms with van der Waals surface area (Å²) in [6.45, 7) is 6.55. The molecule has 0 N–H and O–H groups in total. The Balaban J connectivity index is 4.39. The van der Waals surface area contributed by atoms with Crippen molar-refractivity contribution in [2.75, 3.05) is 13.2 Å². The Morgan fingerprint density at radius 2 is 0.506 bits per heavy atom. The topological polar surface area (TPSA) is 78.9 Å². The zero-order chi connectivity index (χ0) is 55.7. The van der Waals surface area contributed by atoms with Crippen LogP contribution in [0.25, 0.3) is 0 Å². The summed E-state index contributed by atoms with van der Waals surface area (Å²) in [6.07, 6.45) is 84.8. The number of esters is 3. The maximum absolute atomic E-state index is 12.9. The van der Waals surface area contributed by atoms with Gasteiger partial charge in [-0.1, -0.05) is 306 Å². The number of carbonyl (C=O) groups excluding carboxylic acids is 3. The molecule has 1 unspecified atom stereocenters. The SMILES string of the molecule is CC/C=C\C/C=C\C/C=C\C/C=C\C/C=C\CCCCCC(=O)OC(COC(=O)CCCCCCCCCCC/C=C\CCCCCCCC)COC(=O)CCCCCCCCCCCCCCCCCCCCCCC. The molecule has 0 amide bonds. The maximum atomic E-state index is 12.9. The lowest BCUT2D eigenvalue weighted by Crippen LogP contribution is -2.30. The molecule has 0 bridgehead atoms. The number of carbonyl (C=O) groups is 3. The zero-order valence-electron chi connectivity index (χ0n) is 51.2. The molecule has 0 aliphatic rings. The van der Waals surface area contributed by atoms with Gasteiger partial charge in [0.2, 0.25) is 0 Å². The molecule has 0 aliphatic heterocycles. The Bertz CT molecular complexity index is 1420. The summed E-state index contributed by atoms with van der Waals surface area (Å²) in [5, 5.41) is 0. The molecule has 77 heavy (non-hydrogen) atoms. The first-order chi connectivity index (χ1) is 38.0. The fraction of sp³-hybridized carbons (Fsp3) is 0.789. The van der Waals surface area contributed by atoms with E-state index in [0.29, 0.717) is 19.3 Å². The van der Waals surface area contributed by atoms with Gasteiger partial charge in [-0.15, -0.1) is 0 Å². The van der Waals surface area contributed by atoms with Crippen LogP contribution >= 0.6 is 0 Å². The van der Waals surface area contributed by atoms with Crippen LogP contribution in [-0.2, 0) is 28.6 Å². The highest BCUT2D eigenvalue weighted by Crippen LogP contribution is 2.17. The zero-order valence-corrected chi connectivity index (χ0v) is 51.2. The third-order valence-corrected chi connectivity index (χ3v) is 14.7. The number of unbranched alkanes of at least 4 members (excludes halogenated alkanes) is 38. The van der Waals surface area contributed by atoms with E-state index in [4.69, 9.17) is 14.2 Å². The van der Waals surface area contributed by atoms with Gasteiger partial charge >= 0.3 is 17.9 Å². The summed E-state index contributed by atoms with van der Waals surface area (Å²) in [5.74, 6) is -0.901. The van der Waals surface area contributed by atoms with Crippen LogP contribution < -0.4 is 0 Å². The lowest BCUT2D eigenvalue weighted by atomic mass is 10.0. The van der Waals surface area contributed by atoms with Crippen LogP contribution in [0, 0.1) is 0 Å². The molecule has 0 aromatic carbocycles. The number of rotatable bonds is 61. The van der Waals surface area contributed by atoms with Gasteiger partial charge in [0.05, 0.1) is 0 Å². The predicted molar refractivity (Wildman–Crippen MR) is 335 cm³/mol. The summed E-state index contributed by atoms with van der Waals surface area (Å²) in [6, 6.07) is 0. The Labute approximate surface area is 478 Å². The third kappa shape index (κ3) is 63.6. The van der Waals surface area contributed by atoms with Crippen molar-refractivity contribution < 1.29 is 28.6 Å². The molecule has 0 aliphatic carbocycles. The van der Waals surface area contributed by atoms with E-state index in [0.717, 1.165) is 96.3 Å². The maximum Gasteiger partial charge on any atom is 0.306 e. The van der Waals surface area contributed by atoms with Crippen LogP contribution in [0.3, 0.4) is 0 Å². The lowest BCUT2D eigenvalue weighted by molar-refractivity contribution is -0.167. The minimum Gasteiger partial charge on any atom is -0.462 e. The summed E-state index contributed by atoms with van der Waals surface area (Å²) < 4.78 is 16.9. The molecule has 0 saturated carbocycles. The summed E-state index contributed by atoms with van der Waals surface area (Å²) in [7, 11) is 0. The van der Waals surface area contributed by atoms with Crippen LogP contribution in [0.15, 0.2) is 72.9 Å². The van der Waals surface area contributed by atoms with Crippen molar-refractivity contribution in [2.45, 2.75) is 348 Å². The molecule has 1 atom stereocenters. The minimum atomic E-state index is -0.794. The smallest absolute Gasteiger partial charge is 0.306 e. The number of hydrogen-bond donors (Lipinski definition) is 0. The van der Waals surface area contributed by atoms with Gasteiger partial charge in [0, 0.05) is 19.3 Å². The highest BCUT2D eigenvalue weighted by molar-refractivity contribution is 5.71. The van der Waals surface area contributed by atoms with E-state index in [-0.39, 0.29) is 31.1 Å². The highest BCUT2D eigenvalue weighted by Gasteiger charge is 2.19. The number of ether oxygens (including phenoxy) is 3. The van der Waals surface area contributed by atoms with Crippen LogP contribution in [-0.4, -0.2) is 37.2 Å². The second-order valence-electron chi connectivity index (χ2n) is 22.4. The molecule has 0 fully saturated rings. The Kier molecular flexibility index (Phi) is 62.7. The van der Waals surface area contributed by atoms with Crippen molar-refractivity contribution in [2.24, 2.45) is 0 Å². The van der Waals surface area contributed by atoms with E-state index in [2.05, 4.69) is 93.7 Å². The quantitative estimate of drug-likeness (QED) is 0.0261. The normalized spacial score (nSPS) is 12.5. The first-order valence-corrected chi connectivity index (χ1v) is 33.4. The van der Waals surface area contributed by atoms with Gasteiger partial charge in [0.1, 0.15) is 13.2 Å². The van der Waals surface area contributed by atoms with Gasteiger partial charge in [-0.05, 0) is 89.9 Å². The van der Waals surface area contributed by atoms with Gasteiger partial charge in [-0.25, -0.2) is 0 Å². The van der Waals surface area contributed by atoms with Crippen LogP contribution in [0.5, 0.6) is 0 Å². The second-order valence-corrected chi connectivity index (χ2v) is 22.4. The van der Waals surface area contributed by atoms with Crippen LogP contribution in [0.4, 0.5) is 0 Å². The van der Waals surface area contributed by atoms with Gasteiger partial charge in [-0.2, -0.15) is 0 Å². The van der Waals surface area contributed by atoms with E-state index < -0.39 is 6.10 Å². The van der Waals surface area contributed by atoms with Gasteiger partial charge < -0.3 is 14.2 Å². The average Bonchev–Trinajstić information content (AvgIpc) is 3.43. The molecule has 0 saturated heterocycles. The predicted octanol–water partition coefficient (Wildman–Crippen LogP) is 22.9. The number of allylic oxidation sites excluding steroid dienone is 12. The molecule has 0 radical (unpaired) electrons. The standard InChI is InChI=1S/C71H126O6/c1-4-7-10-13-16-19-22-25-28-31-34-35-38-40-43-46-49-52-55-58-61-64-70(73)76-67-68(77-71(74)65-62-59-56-53-50-47-44-41-37-33-30-27-24-21-18-15-12-9-6-3)66-75-69(72)63-60-57-54-51-48-45-42-39-36-32-29-26-23-20-17-14-11-8-5-2/h9,12,18,21,26-27,29-30,37,41,47,50,68H,4-8,10-11,13-17,19-20,22-25,28,31-36,38-40,42-46,48-49,51-67H2,1-3H3/b12-9-,21-18-,29-26-,30-27-,41-37-,50-47-. The Morgan fingerprint density at radius 1 is 0.273 bits per heavy atom. The highest BCUT2D eigenvalue weighted by atomic mass is 16.6. The average molecular weight is 1080 g/mol. The van der Waals surface area contributed by atoms with Crippen molar-refractivity contribution in [3.63, 3.8) is 0 Å². The van der Waals surface area contributed by atoms with Crippen LogP contribution in [0.1, 0.15) is 342 Å². The summed E-state index contributed by atoms with van der Waals surface area (Å²) >= 11 is 0. The third-order valence-electron chi connectivity index (χ3n) is 14.7. The first kappa shape index (κ1) is 73.8. The van der Waals surface area contributed by atoms with Gasteiger partial charge in [-0.3, -0.25) is 14.4 Å². The van der Waals surface area contributed by atoms with Crippen molar-refractivity contribution in [3.8, 4) is 0 Å². The van der Waals surface area contributed by atoms with E-state index in [1.807, 2.05) is 0 Å². The molecule has 0 heterocycles. The van der Waals surface area contributed by atoms with E-state index in [9.17, 15) is 14.4 Å². The molecule has 6 heteroatoms. The number of hydrogen-bond acceptors (Lipinski definition) is 6. The molecule has 6 nitrogen and oxygen atoms in total. The molecular formula is C71H126O6. The molecule has 0 rings (SSSR count). The minimum absolute atomic E-state index is 0.0862. The van der Waals surface area contributed by atoms with Crippen LogP contribution in [0.2, 0.25) is 0 Å². The lowest BCUT2D eigenvalue weighted by Gasteiger charge is -2.18. The van der Waals surface area contributed by atoms with Crippen molar-refractivity contribution in [1.29, 1.82) is 0 Å². The fourth-order valence-corrected chi connectivity index (χ4v) is 9.70. The first-order valence-electron chi connectivity index (χ1n) is 33.4. The Hall–Kier alpha value is -3.15. The largest absolute Gasteiger partial charge is 0.462 e. The van der Waals surface area contributed by atoms with Crippen molar-refractivity contribution in [1.82, 2.24) is 0 Å². The fourth-order valence-electron chi connectivity index (χ4n) is 9.70. The molecule has 446 valence electrons. The summed E-state index contributed by atoms with van der Waals surface area (Å²) in [4.78, 5) is 38.4. The van der Waals surface area contributed by atoms with Gasteiger partial charge in [0.15, 0.2) is 6.10 Å². The second kappa shape index (κ2) is 65.4. The van der Waals surface area contributed by atoms with Gasteiger partial charge in [0.25, 0.3) is 0 Å². The molecule has 0 aromatic heterocycles. The molecular weight excluding hydrogens is 949 g/mol. The summed E-state index contributed by atoms with van der Waals surface area (Å²) in [5.41, 5.74) is 0. The van der Waals surface area contributed by atoms with E-state index in [1.165, 1.54) is 205 Å².